The molecule has 0 amide bonds. The van der Waals surface area contributed by atoms with Gasteiger partial charge in [0.05, 0.1) is 0 Å². The summed E-state index contributed by atoms with van der Waals surface area (Å²) in [5.41, 5.74) is 2.43. The van der Waals surface area contributed by atoms with Crippen molar-refractivity contribution in [1.29, 1.82) is 0 Å². The monoisotopic (exact) mass is 255 g/mol. The van der Waals surface area contributed by atoms with Gasteiger partial charge in [-0.3, -0.25) is 9.69 Å². The first-order valence-electron chi connectivity index (χ1n) is 5.69. The summed E-state index contributed by atoms with van der Waals surface area (Å²) < 4.78 is 0. The molecule has 94 valence electrons. The van der Waals surface area contributed by atoms with Crippen molar-refractivity contribution in [3.05, 3.63) is 35.4 Å². The lowest BCUT2D eigenvalue weighted by Gasteiger charge is -2.20. The van der Waals surface area contributed by atoms with Gasteiger partial charge in [0, 0.05) is 6.54 Å². The predicted octanol–water partition coefficient (Wildman–Crippen LogP) is 2.47. The van der Waals surface area contributed by atoms with Gasteiger partial charge in [0.25, 0.3) is 0 Å². The van der Waals surface area contributed by atoms with Crippen molar-refractivity contribution in [2.45, 2.75) is 32.4 Å². The van der Waals surface area contributed by atoms with Crippen LogP contribution in [0.3, 0.4) is 0 Å². The molecule has 1 saturated heterocycles. The van der Waals surface area contributed by atoms with Crippen molar-refractivity contribution in [3.63, 3.8) is 0 Å². The highest BCUT2D eigenvalue weighted by Crippen LogP contribution is 2.20. The number of carbonyl (C=O) groups is 1. The third-order valence-corrected chi connectivity index (χ3v) is 3.15. The highest BCUT2D eigenvalue weighted by atomic mass is 35.5. The van der Waals surface area contributed by atoms with E-state index >= 15 is 0 Å². The number of nitrogens with zero attached hydrogens (tertiary/aromatic N) is 1. The maximum absolute atomic E-state index is 11.0. The molecule has 1 heterocycles. The molecular formula is C13H18ClNO2. The van der Waals surface area contributed by atoms with E-state index in [1.165, 1.54) is 11.1 Å². The SMILES string of the molecule is Cc1ccc(CN2CCCC2C(=O)O)cc1.Cl. The number of hydrogen-bond acceptors (Lipinski definition) is 2. The molecule has 0 radical (unpaired) electrons. The van der Waals surface area contributed by atoms with E-state index in [-0.39, 0.29) is 18.4 Å². The van der Waals surface area contributed by atoms with E-state index in [1.54, 1.807) is 0 Å². The van der Waals surface area contributed by atoms with Crippen LogP contribution in [0.1, 0.15) is 24.0 Å². The fourth-order valence-corrected chi connectivity index (χ4v) is 2.22. The third-order valence-electron chi connectivity index (χ3n) is 3.15. The number of benzene rings is 1. The first-order valence-corrected chi connectivity index (χ1v) is 5.69. The summed E-state index contributed by atoms with van der Waals surface area (Å²) in [6.07, 6.45) is 1.77. The Labute approximate surface area is 108 Å². The van der Waals surface area contributed by atoms with Gasteiger partial charge in [-0.15, -0.1) is 12.4 Å². The molecule has 2 rings (SSSR count). The van der Waals surface area contributed by atoms with Gasteiger partial charge in [0.2, 0.25) is 0 Å². The summed E-state index contributed by atoms with van der Waals surface area (Å²) in [7, 11) is 0. The van der Waals surface area contributed by atoms with E-state index in [1.807, 2.05) is 4.90 Å². The molecule has 0 saturated carbocycles. The van der Waals surface area contributed by atoms with Crippen LogP contribution in [0.5, 0.6) is 0 Å². The number of hydrogen-bond donors (Lipinski definition) is 1. The zero-order valence-electron chi connectivity index (χ0n) is 9.93. The molecule has 0 spiro atoms. The minimum absolute atomic E-state index is 0. The Bertz CT molecular complexity index is 378. The largest absolute Gasteiger partial charge is 0.480 e. The molecule has 1 fully saturated rings. The molecule has 4 heteroatoms. The molecule has 1 aliphatic heterocycles. The summed E-state index contributed by atoms with van der Waals surface area (Å²) in [4.78, 5) is 13.1. The van der Waals surface area contributed by atoms with Crippen LogP contribution in [-0.2, 0) is 11.3 Å². The van der Waals surface area contributed by atoms with Crippen LogP contribution in [0.15, 0.2) is 24.3 Å². The molecule has 1 unspecified atom stereocenters. The van der Waals surface area contributed by atoms with E-state index in [2.05, 4.69) is 31.2 Å². The van der Waals surface area contributed by atoms with Crippen molar-refractivity contribution in [3.8, 4) is 0 Å². The molecule has 1 atom stereocenters. The van der Waals surface area contributed by atoms with E-state index in [9.17, 15) is 4.79 Å². The average Bonchev–Trinajstić information content (AvgIpc) is 2.69. The Morgan fingerprint density at radius 3 is 2.65 bits per heavy atom. The van der Waals surface area contributed by atoms with Crippen molar-refractivity contribution in [1.82, 2.24) is 4.90 Å². The van der Waals surface area contributed by atoms with Crippen molar-refractivity contribution in [2.24, 2.45) is 0 Å². The van der Waals surface area contributed by atoms with Crippen molar-refractivity contribution < 1.29 is 9.90 Å². The van der Waals surface area contributed by atoms with Gasteiger partial charge in [-0.1, -0.05) is 29.8 Å². The molecule has 0 aliphatic carbocycles. The zero-order chi connectivity index (χ0) is 11.5. The van der Waals surface area contributed by atoms with Crippen LogP contribution in [0.4, 0.5) is 0 Å². The van der Waals surface area contributed by atoms with Gasteiger partial charge < -0.3 is 5.11 Å². The number of halogens is 1. The lowest BCUT2D eigenvalue weighted by molar-refractivity contribution is -0.142. The standard InChI is InChI=1S/C13H17NO2.ClH/c1-10-4-6-11(7-5-10)9-14-8-2-3-12(14)13(15)16;/h4-7,12H,2-3,8-9H2,1H3,(H,15,16);1H. The van der Waals surface area contributed by atoms with Crippen LogP contribution in [0, 0.1) is 6.92 Å². The Morgan fingerprint density at radius 1 is 1.41 bits per heavy atom. The maximum atomic E-state index is 11.0. The second kappa shape index (κ2) is 6.03. The Balaban J connectivity index is 0.00000144. The molecule has 1 aromatic carbocycles. The lowest BCUT2D eigenvalue weighted by Crippen LogP contribution is -2.35. The van der Waals surface area contributed by atoms with Gasteiger partial charge in [-0.05, 0) is 31.9 Å². The quantitative estimate of drug-likeness (QED) is 0.902. The van der Waals surface area contributed by atoms with Gasteiger partial charge in [0.15, 0.2) is 0 Å². The van der Waals surface area contributed by atoms with Crippen LogP contribution < -0.4 is 0 Å². The van der Waals surface area contributed by atoms with E-state index < -0.39 is 5.97 Å². The lowest BCUT2D eigenvalue weighted by atomic mass is 10.1. The topological polar surface area (TPSA) is 40.5 Å². The number of carboxylic acids is 1. The average molecular weight is 256 g/mol. The van der Waals surface area contributed by atoms with Gasteiger partial charge in [-0.2, -0.15) is 0 Å². The molecule has 1 N–H and O–H groups in total. The highest BCUT2D eigenvalue weighted by molar-refractivity contribution is 5.85. The second-order valence-corrected chi connectivity index (χ2v) is 4.45. The zero-order valence-corrected chi connectivity index (χ0v) is 10.7. The van der Waals surface area contributed by atoms with Gasteiger partial charge in [-0.25, -0.2) is 0 Å². The molecule has 1 aromatic rings. The number of rotatable bonds is 3. The normalized spacial score (nSPS) is 19.9. The fourth-order valence-electron chi connectivity index (χ4n) is 2.22. The number of carboxylic acid groups (broad SMARTS) is 1. The summed E-state index contributed by atoms with van der Waals surface area (Å²) in [6, 6.07) is 8.00. The third kappa shape index (κ3) is 3.45. The Morgan fingerprint density at radius 2 is 2.06 bits per heavy atom. The fraction of sp³-hybridized carbons (Fsp3) is 0.462. The van der Waals surface area contributed by atoms with Crippen LogP contribution in [-0.4, -0.2) is 28.6 Å². The predicted molar refractivity (Wildman–Crippen MR) is 69.5 cm³/mol. The minimum Gasteiger partial charge on any atom is -0.480 e. The molecule has 0 aromatic heterocycles. The molecule has 1 aliphatic rings. The van der Waals surface area contributed by atoms with Crippen molar-refractivity contribution >= 4 is 18.4 Å². The minimum atomic E-state index is -0.690. The van der Waals surface area contributed by atoms with Crippen LogP contribution >= 0.6 is 12.4 Å². The number of aryl methyl sites for hydroxylation is 1. The summed E-state index contributed by atoms with van der Waals surface area (Å²) >= 11 is 0. The first-order chi connectivity index (χ1) is 7.66. The summed E-state index contributed by atoms with van der Waals surface area (Å²) in [5.74, 6) is -0.690. The van der Waals surface area contributed by atoms with E-state index in [0.717, 1.165) is 25.9 Å². The summed E-state index contributed by atoms with van der Waals surface area (Å²) in [6.45, 7) is 3.70. The molecular weight excluding hydrogens is 238 g/mol. The summed E-state index contributed by atoms with van der Waals surface area (Å²) in [5, 5.41) is 9.06. The highest BCUT2D eigenvalue weighted by Gasteiger charge is 2.29. The van der Waals surface area contributed by atoms with Gasteiger partial charge in [0.1, 0.15) is 6.04 Å². The van der Waals surface area contributed by atoms with E-state index in [0.29, 0.717) is 0 Å². The smallest absolute Gasteiger partial charge is 0.320 e. The Kier molecular flexibility index (Phi) is 4.97. The van der Waals surface area contributed by atoms with Gasteiger partial charge >= 0.3 is 5.97 Å². The maximum Gasteiger partial charge on any atom is 0.320 e. The Hall–Kier alpha value is -1.06. The number of likely N-dealkylation sites (tertiary alicyclic amines) is 1. The van der Waals surface area contributed by atoms with Crippen LogP contribution in [0.2, 0.25) is 0 Å². The molecule has 17 heavy (non-hydrogen) atoms. The van der Waals surface area contributed by atoms with E-state index in [4.69, 9.17) is 5.11 Å². The van der Waals surface area contributed by atoms with Crippen molar-refractivity contribution in [2.75, 3.05) is 6.54 Å². The first kappa shape index (κ1) is 14.0. The second-order valence-electron chi connectivity index (χ2n) is 4.45. The number of aliphatic carboxylic acids is 1. The molecule has 3 nitrogen and oxygen atoms in total. The van der Waals surface area contributed by atoms with Crippen LogP contribution in [0.25, 0.3) is 0 Å². The molecule has 0 bridgehead atoms.